The van der Waals surface area contributed by atoms with Crippen molar-refractivity contribution in [2.45, 2.75) is 30.6 Å². The van der Waals surface area contributed by atoms with Crippen molar-refractivity contribution in [3.63, 3.8) is 0 Å². The number of rotatable bonds is 2. The van der Waals surface area contributed by atoms with Crippen LogP contribution in [0.4, 0.5) is 0 Å². The van der Waals surface area contributed by atoms with Crippen molar-refractivity contribution in [3.05, 3.63) is 0 Å². The van der Waals surface area contributed by atoms with E-state index in [1.807, 2.05) is 0 Å². The summed E-state index contributed by atoms with van der Waals surface area (Å²) >= 11 is 2.09. The molecule has 0 bridgehead atoms. The van der Waals surface area contributed by atoms with Crippen molar-refractivity contribution in [2.24, 2.45) is 5.73 Å². The molecule has 2 heterocycles. The summed E-state index contributed by atoms with van der Waals surface area (Å²) in [6, 6.07) is 0. The molecular formula is C12H25N3S. The number of hydrogen-bond acceptors (Lipinski definition) is 4. The summed E-state index contributed by atoms with van der Waals surface area (Å²) in [5.74, 6) is 1.23. The SMILES string of the molecule is CC1CC(CN)(N2CCCN(C)CC2)CS1. The second-order valence-corrected chi connectivity index (χ2v) is 6.82. The summed E-state index contributed by atoms with van der Waals surface area (Å²) in [5, 5.41) is 0.782. The Hall–Kier alpha value is 0.230. The molecule has 4 heteroatoms. The highest BCUT2D eigenvalue weighted by Gasteiger charge is 2.41. The van der Waals surface area contributed by atoms with Crippen LogP contribution in [0.15, 0.2) is 0 Å². The summed E-state index contributed by atoms with van der Waals surface area (Å²) < 4.78 is 0. The zero-order valence-electron chi connectivity index (χ0n) is 10.6. The fourth-order valence-corrected chi connectivity index (χ4v) is 4.40. The largest absolute Gasteiger partial charge is 0.329 e. The van der Waals surface area contributed by atoms with Gasteiger partial charge in [-0.15, -0.1) is 0 Å². The van der Waals surface area contributed by atoms with E-state index in [1.54, 1.807) is 0 Å². The normalized spacial score (nSPS) is 38.8. The van der Waals surface area contributed by atoms with Gasteiger partial charge in [0, 0.05) is 42.7 Å². The molecule has 0 aromatic carbocycles. The van der Waals surface area contributed by atoms with E-state index in [0.29, 0.717) is 5.54 Å². The van der Waals surface area contributed by atoms with Gasteiger partial charge in [0.05, 0.1) is 0 Å². The topological polar surface area (TPSA) is 32.5 Å². The molecule has 0 radical (unpaired) electrons. The predicted octanol–water partition coefficient (Wildman–Crippen LogP) is 0.847. The lowest BCUT2D eigenvalue weighted by molar-refractivity contribution is 0.118. The highest BCUT2D eigenvalue weighted by Crippen LogP contribution is 2.38. The van der Waals surface area contributed by atoms with E-state index in [2.05, 4.69) is 35.5 Å². The molecule has 3 nitrogen and oxygen atoms in total. The van der Waals surface area contributed by atoms with Crippen LogP contribution >= 0.6 is 11.8 Å². The Labute approximate surface area is 104 Å². The average Bonchev–Trinajstić information content (AvgIpc) is 2.52. The molecule has 0 spiro atoms. The second-order valence-electron chi connectivity index (χ2n) is 5.40. The first-order valence-electron chi connectivity index (χ1n) is 6.41. The molecule has 0 aliphatic carbocycles. The summed E-state index contributed by atoms with van der Waals surface area (Å²) in [4.78, 5) is 5.11. The molecule has 0 saturated carbocycles. The lowest BCUT2D eigenvalue weighted by Crippen LogP contribution is -2.55. The van der Waals surface area contributed by atoms with Crippen molar-refractivity contribution in [3.8, 4) is 0 Å². The molecule has 16 heavy (non-hydrogen) atoms. The Morgan fingerprint density at radius 2 is 2.12 bits per heavy atom. The molecule has 2 saturated heterocycles. The van der Waals surface area contributed by atoms with Gasteiger partial charge >= 0.3 is 0 Å². The van der Waals surface area contributed by atoms with Gasteiger partial charge in [-0.1, -0.05) is 6.92 Å². The zero-order valence-corrected chi connectivity index (χ0v) is 11.4. The standard InChI is InChI=1S/C12H25N3S/c1-11-8-12(9-13,10-16-11)15-5-3-4-14(2)6-7-15/h11H,3-10,13H2,1-2H3. The van der Waals surface area contributed by atoms with E-state index >= 15 is 0 Å². The van der Waals surface area contributed by atoms with Gasteiger partial charge in [0.1, 0.15) is 0 Å². The molecule has 2 unspecified atom stereocenters. The minimum atomic E-state index is 0.301. The number of nitrogens with two attached hydrogens (primary N) is 1. The molecular weight excluding hydrogens is 218 g/mol. The first-order valence-corrected chi connectivity index (χ1v) is 7.46. The molecule has 2 fully saturated rings. The number of nitrogens with zero attached hydrogens (tertiary/aromatic N) is 2. The third-order valence-corrected chi connectivity index (χ3v) is 5.51. The molecule has 2 aliphatic rings. The third-order valence-electron chi connectivity index (χ3n) is 4.07. The van der Waals surface area contributed by atoms with Crippen LogP contribution in [0.3, 0.4) is 0 Å². The molecule has 2 N–H and O–H groups in total. The molecule has 0 amide bonds. The van der Waals surface area contributed by atoms with E-state index in [1.165, 1.54) is 44.8 Å². The first kappa shape index (κ1) is 12.7. The number of hydrogen-bond donors (Lipinski definition) is 1. The summed E-state index contributed by atoms with van der Waals surface area (Å²) in [6.07, 6.45) is 2.56. The average molecular weight is 243 g/mol. The van der Waals surface area contributed by atoms with Gasteiger partial charge in [0.25, 0.3) is 0 Å². The van der Waals surface area contributed by atoms with Crippen molar-refractivity contribution >= 4 is 11.8 Å². The monoisotopic (exact) mass is 243 g/mol. The predicted molar refractivity (Wildman–Crippen MR) is 72.0 cm³/mol. The zero-order chi connectivity index (χ0) is 11.6. The van der Waals surface area contributed by atoms with Gasteiger partial charge in [-0.3, -0.25) is 4.90 Å². The minimum Gasteiger partial charge on any atom is -0.329 e. The van der Waals surface area contributed by atoms with Crippen LogP contribution in [0.2, 0.25) is 0 Å². The van der Waals surface area contributed by atoms with Gasteiger partial charge in [-0.05, 0) is 26.4 Å². The lowest BCUT2D eigenvalue weighted by Gasteiger charge is -2.39. The molecule has 94 valence electrons. The summed E-state index contributed by atoms with van der Waals surface area (Å²) in [5.41, 5.74) is 6.38. The van der Waals surface area contributed by atoms with Gasteiger partial charge < -0.3 is 10.6 Å². The Bertz CT molecular complexity index is 236. The van der Waals surface area contributed by atoms with Crippen LogP contribution in [0.5, 0.6) is 0 Å². The van der Waals surface area contributed by atoms with Crippen LogP contribution in [-0.4, -0.2) is 66.1 Å². The number of likely N-dealkylation sites (N-methyl/N-ethyl adjacent to an activating group) is 1. The Morgan fingerprint density at radius 1 is 1.31 bits per heavy atom. The van der Waals surface area contributed by atoms with Crippen molar-refractivity contribution < 1.29 is 0 Å². The maximum atomic E-state index is 6.08. The Morgan fingerprint density at radius 3 is 2.75 bits per heavy atom. The van der Waals surface area contributed by atoms with Crippen LogP contribution in [0.25, 0.3) is 0 Å². The van der Waals surface area contributed by atoms with Gasteiger partial charge in [0.2, 0.25) is 0 Å². The quantitative estimate of drug-likeness (QED) is 0.779. The minimum absolute atomic E-state index is 0.301. The molecule has 0 aromatic rings. The fraction of sp³-hybridized carbons (Fsp3) is 1.00. The van der Waals surface area contributed by atoms with Crippen molar-refractivity contribution in [2.75, 3.05) is 45.5 Å². The van der Waals surface area contributed by atoms with E-state index in [0.717, 1.165) is 11.8 Å². The van der Waals surface area contributed by atoms with Crippen LogP contribution < -0.4 is 5.73 Å². The second kappa shape index (κ2) is 5.25. The van der Waals surface area contributed by atoms with Crippen molar-refractivity contribution in [1.29, 1.82) is 0 Å². The molecule has 2 aliphatic heterocycles. The smallest absolute Gasteiger partial charge is 0.0432 e. The third kappa shape index (κ3) is 2.55. The maximum absolute atomic E-state index is 6.08. The Kier molecular flexibility index (Phi) is 4.16. The summed E-state index contributed by atoms with van der Waals surface area (Å²) in [6.45, 7) is 8.02. The van der Waals surface area contributed by atoms with Crippen molar-refractivity contribution in [1.82, 2.24) is 9.80 Å². The fourth-order valence-electron chi connectivity index (χ4n) is 2.96. The van der Waals surface area contributed by atoms with E-state index < -0.39 is 0 Å². The Balaban J connectivity index is 2.03. The van der Waals surface area contributed by atoms with Crippen LogP contribution in [-0.2, 0) is 0 Å². The van der Waals surface area contributed by atoms with E-state index in [-0.39, 0.29) is 0 Å². The highest BCUT2D eigenvalue weighted by molar-refractivity contribution is 8.00. The maximum Gasteiger partial charge on any atom is 0.0432 e. The summed E-state index contributed by atoms with van der Waals surface area (Å²) in [7, 11) is 2.23. The van der Waals surface area contributed by atoms with E-state index in [9.17, 15) is 0 Å². The van der Waals surface area contributed by atoms with Gasteiger partial charge in [0.15, 0.2) is 0 Å². The first-order chi connectivity index (χ1) is 7.66. The molecule has 0 aromatic heterocycles. The molecule has 2 atom stereocenters. The van der Waals surface area contributed by atoms with Gasteiger partial charge in [-0.25, -0.2) is 0 Å². The highest BCUT2D eigenvalue weighted by atomic mass is 32.2. The van der Waals surface area contributed by atoms with Crippen LogP contribution in [0, 0.1) is 0 Å². The van der Waals surface area contributed by atoms with Crippen LogP contribution in [0.1, 0.15) is 19.8 Å². The van der Waals surface area contributed by atoms with E-state index in [4.69, 9.17) is 5.73 Å². The van der Waals surface area contributed by atoms with Gasteiger partial charge in [-0.2, -0.15) is 11.8 Å². The number of thioether (sulfide) groups is 1. The lowest BCUT2D eigenvalue weighted by atomic mass is 9.93. The molecule has 2 rings (SSSR count).